The molecule has 4 rings (SSSR count). The van der Waals surface area contributed by atoms with Crippen molar-refractivity contribution in [3.05, 3.63) is 136 Å². The van der Waals surface area contributed by atoms with Crippen molar-refractivity contribution in [1.82, 2.24) is 4.98 Å². The summed E-state index contributed by atoms with van der Waals surface area (Å²) in [7, 11) is 0. The van der Waals surface area contributed by atoms with E-state index in [4.69, 9.17) is 0 Å². The standard InChI is InChI=1S/C30H31N/c1-7-23-17-19(3)28(21(5)26(23)8-2)30(24-13-15-31-16-14-24)29-20(4)18-25-11-9-10-12-27(25)22(29)6/h7-8,11-16,30H,1-4,9-10,17-18H2,5-6H3. The SMILES string of the molecule is C=CC1=C(C=C)C(C)=C(C(C2=C(C)C3=CCCC=C3CC2=C)c2ccncc2)C(=C)C1. The number of allylic oxidation sites excluding steroid dienone is 14. The van der Waals surface area contributed by atoms with Crippen molar-refractivity contribution in [2.24, 2.45) is 0 Å². The summed E-state index contributed by atoms with van der Waals surface area (Å²) in [6.07, 6.45) is 16.4. The van der Waals surface area contributed by atoms with Crippen molar-refractivity contribution in [3.8, 4) is 0 Å². The highest BCUT2D eigenvalue weighted by Gasteiger charge is 2.34. The summed E-state index contributed by atoms with van der Waals surface area (Å²) >= 11 is 0. The molecular formula is C30H31N. The van der Waals surface area contributed by atoms with Gasteiger partial charge in [-0.3, -0.25) is 4.98 Å². The minimum Gasteiger partial charge on any atom is -0.265 e. The van der Waals surface area contributed by atoms with Crippen LogP contribution >= 0.6 is 0 Å². The Labute approximate surface area is 187 Å². The van der Waals surface area contributed by atoms with Crippen LogP contribution in [0.15, 0.2) is 131 Å². The van der Waals surface area contributed by atoms with Crippen molar-refractivity contribution in [2.75, 3.05) is 0 Å². The molecule has 0 fully saturated rings. The van der Waals surface area contributed by atoms with Gasteiger partial charge in [0.15, 0.2) is 0 Å². The Hall–Kier alpha value is -3.19. The number of fused-ring (bicyclic) bond motifs is 1. The zero-order valence-electron chi connectivity index (χ0n) is 18.8. The summed E-state index contributed by atoms with van der Waals surface area (Å²) in [5.41, 5.74) is 14.0. The number of nitrogens with zero attached hydrogens (tertiary/aromatic N) is 1. The van der Waals surface area contributed by atoms with E-state index in [1.807, 2.05) is 24.5 Å². The number of hydrogen-bond donors (Lipinski definition) is 0. The predicted molar refractivity (Wildman–Crippen MR) is 133 cm³/mol. The quantitative estimate of drug-likeness (QED) is 0.483. The van der Waals surface area contributed by atoms with E-state index in [1.54, 1.807) is 0 Å². The van der Waals surface area contributed by atoms with Gasteiger partial charge in [-0.05, 0) is 113 Å². The maximum atomic E-state index is 4.56. The summed E-state index contributed by atoms with van der Waals surface area (Å²) in [4.78, 5) is 4.28. The molecule has 1 aromatic heterocycles. The average Bonchev–Trinajstić information content (AvgIpc) is 2.78. The third kappa shape index (κ3) is 3.59. The highest BCUT2D eigenvalue weighted by Crippen LogP contribution is 2.51. The highest BCUT2D eigenvalue weighted by molar-refractivity contribution is 5.68. The van der Waals surface area contributed by atoms with Crippen LogP contribution in [-0.2, 0) is 0 Å². The Bertz CT molecular complexity index is 1140. The smallest absolute Gasteiger partial charge is 0.0352 e. The first-order chi connectivity index (χ1) is 15.0. The second kappa shape index (κ2) is 8.51. The van der Waals surface area contributed by atoms with E-state index in [-0.39, 0.29) is 5.92 Å². The molecule has 1 nitrogen and oxygen atoms in total. The summed E-state index contributed by atoms with van der Waals surface area (Å²) in [6.45, 7) is 21.7. The van der Waals surface area contributed by atoms with Crippen molar-refractivity contribution in [3.63, 3.8) is 0 Å². The van der Waals surface area contributed by atoms with Crippen LogP contribution in [0.5, 0.6) is 0 Å². The fraction of sp³-hybridized carbons (Fsp3) is 0.233. The number of rotatable bonds is 5. The van der Waals surface area contributed by atoms with Crippen molar-refractivity contribution in [1.29, 1.82) is 0 Å². The maximum Gasteiger partial charge on any atom is 0.0352 e. The zero-order chi connectivity index (χ0) is 22.1. The van der Waals surface area contributed by atoms with Gasteiger partial charge in [0.25, 0.3) is 0 Å². The molecule has 1 aromatic rings. The summed E-state index contributed by atoms with van der Waals surface area (Å²) in [5, 5.41) is 0. The van der Waals surface area contributed by atoms with Crippen LogP contribution in [0, 0.1) is 0 Å². The third-order valence-electron chi connectivity index (χ3n) is 6.85. The Morgan fingerprint density at radius 3 is 2.19 bits per heavy atom. The molecule has 0 spiro atoms. The molecule has 1 heteroatoms. The molecule has 0 amide bonds. The molecule has 0 aromatic carbocycles. The molecule has 0 saturated carbocycles. The third-order valence-corrected chi connectivity index (χ3v) is 6.85. The molecule has 0 bridgehead atoms. The van der Waals surface area contributed by atoms with Gasteiger partial charge in [0.1, 0.15) is 0 Å². The van der Waals surface area contributed by atoms with E-state index in [1.165, 1.54) is 55.7 Å². The highest BCUT2D eigenvalue weighted by atomic mass is 14.6. The van der Waals surface area contributed by atoms with Gasteiger partial charge in [0.2, 0.25) is 0 Å². The van der Waals surface area contributed by atoms with Crippen LogP contribution < -0.4 is 0 Å². The molecule has 3 aliphatic carbocycles. The predicted octanol–water partition coefficient (Wildman–Crippen LogP) is 8.03. The molecule has 1 unspecified atom stereocenters. The normalized spacial score (nSPS) is 20.3. The number of hydrogen-bond acceptors (Lipinski definition) is 1. The Morgan fingerprint density at radius 2 is 1.52 bits per heavy atom. The average molecular weight is 406 g/mol. The van der Waals surface area contributed by atoms with E-state index in [9.17, 15) is 0 Å². The van der Waals surface area contributed by atoms with E-state index in [0.717, 1.165) is 31.3 Å². The van der Waals surface area contributed by atoms with Crippen LogP contribution in [0.3, 0.4) is 0 Å². The second-order valence-corrected chi connectivity index (χ2v) is 8.62. The van der Waals surface area contributed by atoms with E-state index < -0.39 is 0 Å². The van der Waals surface area contributed by atoms with Gasteiger partial charge >= 0.3 is 0 Å². The number of pyridine rings is 1. The Morgan fingerprint density at radius 1 is 0.871 bits per heavy atom. The van der Waals surface area contributed by atoms with Crippen molar-refractivity contribution in [2.45, 2.75) is 45.4 Å². The lowest BCUT2D eigenvalue weighted by molar-refractivity contribution is 0.841. The Kier molecular flexibility index (Phi) is 5.78. The summed E-state index contributed by atoms with van der Waals surface area (Å²) in [6, 6.07) is 4.26. The van der Waals surface area contributed by atoms with E-state index >= 15 is 0 Å². The topological polar surface area (TPSA) is 12.9 Å². The maximum absolute atomic E-state index is 4.56. The minimum absolute atomic E-state index is 0.0775. The largest absolute Gasteiger partial charge is 0.265 e. The van der Waals surface area contributed by atoms with Gasteiger partial charge in [-0.25, -0.2) is 0 Å². The van der Waals surface area contributed by atoms with Crippen molar-refractivity contribution >= 4 is 0 Å². The van der Waals surface area contributed by atoms with Crippen LogP contribution in [-0.4, -0.2) is 4.98 Å². The monoisotopic (exact) mass is 405 g/mol. The lowest BCUT2D eigenvalue weighted by Crippen LogP contribution is -2.19. The van der Waals surface area contributed by atoms with Gasteiger partial charge in [0.05, 0.1) is 0 Å². The second-order valence-electron chi connectivity index (χ2n) is 8.62. The van der Waals surface area contributed by atoms with Crippen LogP contribution in [0.2, 0.25) is 0 Å². The van der Waals surface area contributed by atoms with Crippen LogP contribution in [0.4, 0.5) is 0 Å². The fourth-order valence-corrected chi connectivity index (χ4v) is 5.44. The first-order valence-corrected chi connectivity index (χ1v) is 11.0. The van der Waals surface area contributed by atoms with Crippen molar-refractivity contribution < 1.29 is 0 Å². The summed E-state index contributed by atoms with van der Waals surface area (Å²) in [5.74, 6) is 0.0775. The Balaban J connectivity index is 2.01. The molecule has 31 heavy (non-hydrogen) atoms. The molecule has 1 atom stereocenters. The van der Waals surface area contributed by atoms with Gasteiger partial charge in [-0.1, -0.05) is 50.6 Å². The lowest BCUT2D eigenvalue weighted by atomic mass is 9.67. The van der Waals surface area contributed by atoms with E-state index in [2.05, 4.69) is 69.4 Å². The summed E-state index contributed by atoms with van der Waals surface area (Å²) < 4.78 is 0. The molecule has 3 aliphatic rings. The van der Waals surface area contributed by atoms with Gasteiger partial charge in [-0.2, -0.15) is 0 Å². The molecular weight excluding hydrogens is 374 g/mol. The first-order valence-electron chi connectivity index (χ1n) is 11.0. The van der Waals surface area contributed by atoms with Gasteiger partial charge < -0.3 is 0 Å². The minimum atomic E-state index is 0.0775. The van der Waals surface area contributed by atoms with Gasteiger partial charge in [-0.15, -0.1) is 0 Å². The molecule has 0 N–H and O–H groups in total. The zero-order valence-corrected chi connectivity index (χ0v) is 18.8. The molecule has 0 aliphatic heterocycles. The molecule has 0 radical (unpaired) electrons. The van der Waals surface area contributed by atoms with Crippen LogP contribution in [0.1, 0.15) is 51.0 Å². The number of aromatic nitrogens is 1. The molecule has 0 saturated heterocycles. The first kappa shape index (κ1) is 21.1. The van der Waals surface area contributed by atoms with Crippen LogP contribution in [0.25, 0.3) is 0 Å². The van der Waals surface area contributed by atoms with Gasteiger partial charge in [0, 0.05) is 18.3 Å². The molecule has 1 heterocycles. The van der Waals surface area contributed by atoms with E-state index in [0.29, 0.717) is 0 Å². The fourth-order valence-electron chi connectivity index (χ4n) is 5.44. The molecule has 156 valence electrons. The lowest BCUT2D eigenvalue weighted by Gasteiger charge is -2.37.